The van der Waals surface area contributed by atoms with E-state index in [9.17, 15) is 0 Å². The molecule has 146 valence electrons. The molecule has 0 saturated carbocycles. The number of allylic oxidation sites excluding steroid dienone is 1. The Hall–Kier alpha value is -0.960. The predicted octanol–water partition coefficient (Wildman–Crippen LogP) is 5.72. The monoisotopic (exact) mass is 350 g/mol. The smallest absolute Gasteiger partial charge is 0.0982 e. The Kier molecular flexibility index (Phi) is 14.6. The molecule has 1 aliphatic rings. The second kappa shape index (κ2) is 16.5. The second-order valence-corrected chi connectivity index (χ2v) is 7.42. The highest BCUT2D eigenvalue weighted by molar-refractivity contribution is 4.93. The summed E-state index contributed by atoms with van der Waals surface area (Å²) < 4.78 is 0. The van der Waals surface area contributed by atoms with Crippen LogP contribution >= 0.6 is 0 Å². The molecule has 1 heterocycles. The van der Waals surface area contributed by atoms with Crippen molar-refractivity contribution in [1.29, 1.82) is 0 Å². The molecule has 0 aromatic heterocycles. The van der Waals surface area contributed by atoms with Gasteiger partial charge in [0.05, 0.1) is 12.8 Å². The Morgan fingerprint density at radius 1 is 0.840 bits per heavy atom. The minimum Gasteiger partial charge on any atom is -0.395 e. The van der Waals surface area contributed by atoms with Gasteiger partial charge in [0.1, 0.15) is 0 Å². The molecule has 3 nitrogen and oxygen atoms in total. The van der Waals surface area contributed by atoms with Crippen molar-refractivity contribution >= 4 is 0 Å². The lowest BCUT2D eigenvalue weighted by molar-refractivity contribution is 0.194. The molecule has 0 aromatic rings. The highest BCUT2D eigenvalue weighted by Crippen LogP contribution is 2.15. The number of nitrogens with one attached hydrogen (secondary N) is 1. The van der Waals surface area contributed by atoms with Crippen molar-refractivity contribution in [1.82, 2.24) is 10.2 Å². The summed E-state index contributed by atoms with van der Waals surface area (Å²) in [5.74, 6) is 0. The molecule has 1 rings (SSSR count). The van der Waals surface area contributed by atoms with E-state index in [2.05, 4.69) is 23.0 Å². The van der Waals surface area contributed by atoms with Gasteiger partial charge >= 0.3 is 0 Å². The summed E-state index contributed by atoms with van der Waals surface area (Å²) in [5, 5.41) is 12.4. The molecule has 0 fully saturated rings. The summed E-state index contributed by atoms with van der Waals surface area (Å²) in [5.41, 5.74) is 0. The molecule has 1 unspecified atom stereocenters. The van der Waals surface area contributed by atoms with Crippen molar-refractivity contribution in [2.45, 2.75) is 102 Å². The van der Waals surface area contributed by atoms with E-state index in [1.54, 1.807) is 0 Å². The second-order valence-electron chi connectivity index (χ2n) is 7.42. The first kappa shape index (κ1) is 22.1. The van der Waals surface area contributed by atoms with Crippen LogP contribution in [0.2, 0.25) is 0 Å². The van der Waals surface area contributed by atoms with Crippen molar-refractivity contribution in [2.24, 2.45) is 0 Å². The van der Waals surface area contributed by atoms with Crippen LogP contribution in [0.1, 0.15) is 96.3 Å². The van der Waals surface area contributed by atoms with Crippen LogP contribution in [-0.2, 0) is 0 Å². The number of hydrogen-bond donors (Lipinski definition) is 2. The fraction of sp³-hybridized carbons (Fsp3) is 0.818. The van der Waals surface area contributed by atoms with Crippen molar-refractivity contribution in [3.8, 4) is 0 Å². The van der Waals surface area contributed by atoms with E-state index in [-0.39, 0.29) is 6.61 Å². The van der Waals surface area contributed by atoms with Gasteiger partial charge in [-0.15, -0.1) is 6.58 Å². The Morgan fingerprint density at radius 2 is 1.36 bits per heavy atom. The predicted molar refractivity (Wildman–Crippen MR) is 109 cm³/mol. The molecular formula is C22H42N2O. The van der Waals surface area contributed by atoms with Gasteiger partial charge in [0.15, 0.2) is 0 Å². The first-order valence-corrected chi connectivity index (χ1v) is 10.8. The average Bonchev–Trinajstić information content (AvgIpc) is 3.06. The third-order valence-electron chi connectivity index (χ3n) is 5.20. The van der Waals surface area contributed by atoms with Gasteiger partial charge in [0.25, 0.3) is 0 Å². The van der Waals surface area contributed by atoms with E-state index in [1.165, 1.54) is 96.3 Å². The molecule has 0 spiro atoms. The van der Waals surface area contributed by atoms with Crippen molar-refractivity contribution in [3.63, 3.8) is 0 Å². The quantitative estimate of drug-likeness (QED) is 0.245. The van der Waals surface area contributed by atoms with E-state index < -0.39 is 0 Å². The van der Waals surface area contributed by atoms with Crippen LogP contribution in [0.4, 0.5) is 0 Å². The Bertz CT molecular complexity index is 330. The van der Waals surface area contributed by atoms with Gasteiger partial charge < -0.3 is 15.3 Å². The zero-order chi connectivity index (χ0) is 18.0. The maximum absolute atomic E-state index is 9.04. The van der Waals surface area contributed by atoms with Crippen LogP contribution in [0, 0.1) is 0 Å². The van der Waals surface area contributed by atoms with Crippen LogP contribution in [0.5, 0.6) is 0 Å². The number of unbranched alkanes of at least 4 members (excludes halogenated alkanes) is 13. The Balaban J connectivity index is 1.75. The fourth-order valence-electron chi connectivity index (χ4n) is 3.62. The molecule has 0 radical (unpaired) electrons. The van der Waals surface area contributed by atoms with Gasteiger partial charge in [0.2, 0.25) is 0 Å². The molecule has 0 amide bonds. The fourth-order valence-corrected chi connectivity index (χ4v) is 3.62. The molecule has 0 aromatic carbocycles. The maximum atomic E-state index is 9.04. The largest absolute Gasteiger partial charge is 0.395 e. The summed E-state index contributed by atoms with van der Waals surface area (Å²) in [7, 11) is 0. The Morgan fingerprint density at radius 3 is 1.88 bits per heavy atom. The number of aliphatic hydroxyl groups is 1. The summed E-state index contributed by atoms with van der Waals surface area (Å²) in [6.07, 6.45) is 27.0. The van der Waals surface area contributed by atoms with E-state index in [0.29, 0.717) is 6.17 Å². The molecule has 1 atom stereocenters. The van der Waals surface area contributed by atoms with Gasteiger partial charge in [-0.3, -0.25) is 0 Å². The molecule has 3 heteroatoms. The number of rotatable bonds is 18. The van der Waals surface area contributed by atoms with Gasteiger partial charge in [0, 0.05) is 18.9 Å². The first-order chi connectivity index (χ1) is 12.4. The van der Waals surface area contributed by atoms with Gasteiger partial charge in [-0.25, -0.2) is 0 Å². The maximum Gasteiger partial charge on any atom is 0.0982 e. The minimum atomic E-state index is 0.234. The van der Waals surface area contributed by atoms with E-state index in [0.717, 1.165) is 6.54 Å². The van der Waals surface area contributed by atoms with Gasteiger partial charge in [-0.2, -0.15) is 0 Å². The number of hydrogen-bond acceptors (Lipinski definition) is 3. The zero-order valence-electron chi connectivity index (χ0n) is 16.4. The first-order valence-electron chi connectivity index (χ1n) is 10.8. The van der Waals surface area contributed by atoms with Crippen LogP contribution < -0.4 is 5.32 Å². The average molecular weight is 351 g/mol. The topological polar surface area (TPSA) is 35.5 Å². The van der Waals surface area contributed by atoms with Gasteiger partial charge in [-0.05, 0) is 25.7 Å². The molecule has 0 bridgehead atoms. The van der Waals surface area contributed by atoms with Gasteiger partial charge in [-0.1, -0.05) is 76.7 Å². The normalized spacial score (nSPS) is 16.4. The molecular weight excluding hydrogens is 308 g/mol. The van der Waals surface area contributed by atoms with Crippen LogP contribution in [0.15, 0.2) is 25.1 Å². The summed E-state index contributed by atoms with van der Waals surface area (Å²) >= 11 is 0. The summed E-state index contributed by atoms with van der Waals surface area (Å²) in [4.78, 5) is 2.21. The molecule has 25 heavy (non-hydrogen) atoms. The minimum absolute atomic E-state index is 0.234. The van der Waals surface area contributed by atoms with E-state index >= 15 is 0 Å². The lowest BCUT2D eigenvalue weighted by Crippen LogP contribution is -2.36. The summed E-state index contributed by atoms with van der Waals surface area (Å²) in [6, 6.07) is 0. The lowest BCUT2D eigenvalue weighted by Gasteiger charge is -2.24. The molecule has 0 aliphatic carbocycles. The van der Waals surface area contributed by atoms with Crippen molar-refractivity contribution in [2.75, 3.05) is 13.2 Å². The van der Waals surface area contributed by atoms with E-state index in [4.69, 9.17) is 5.11 Å². The Labute approximate surface area is 156 Å². The third kappa shape index (κ3) is 12.1. The van der Waals surface area contributed by atoms with Crippen LogP contribution in [0.3, 0.4) is 0 Å². The zero-order valence-corrected chi connectivity index (χ0v) is 16.4. The summed E-state index contributed by atoms with van der Waals surface area (Å²) in [6.45, 7) is 4.74. The molecule has 0 saturated heterocycles. The molecule has 1 aliphatic heterocycles. The SMILES string of the molecule is C=CCCCCCCCCCCCCCCCC1NC=CN1CCO. The third-order valence-corrected chi connectivity index (χ3v) is 5.20. The highest BCUT2D eigenvalue weighted by Gasteiger charge is 2.16. The number of β-amino-alcohol motifs (C(OH)–C–C–N with tert-alkyl or cyclic N) is 1. The van der Waals surface area contributed by atoms with Crippen LogP contribution in [0.25, 0.3) is 0 Å². The van der Waals surface area contributed by atoms with Crippen LogP contribution in [-0.4, -0.2) is 29.3 Å². The number of nitrogens with zero attached hydrogens (tertiary/aromatic N) is 1. The standard InChI is InChI=1S/C22H42N2O/c1-2-3-4-5-6-7-8-9-10-11-12-13-14-15-16-17-22-23-18-19-24(22)20-21-25/h2,18-19,22-23,25H,1,3-17,20-21H2. The lowest BCUT2D eigenvalue weighted by atomic mass is 10.0. The van der Waals surface area contributed by atoms with Crippen molar-refractivity contribution in [3.05, 3.63) is 25.1 Å². The number of aliphatic hydroxyl groups excluding tert-OH is 1. The van der Waals surface area contributed by atoms with E-state index in [1.807, 2.05) is 12.3 Å². The highest BCUT2D eigenvalue weighted by atomic mass is 16.3. The molecule has 2 N–H and O–H groups in total. The van der Waals surface area contributed by atoms with Crippen molar-refractivity contribution < 1.29 is 5.11 Å².